The third kappa shape index (κ3) is 7.78. The summed E-state index contributed by atoms with van der Waals surface area (Å²) >= 11 is 0. The number of likely N-dealkylation sites (tertiary alicyclic amines) is 1. The highest BCUT2D eigenvalue weighted by Gasteiger charge is 2.41. The largest absolute Gasteiger partial charge is 0.471 e. The van der Waals surface area contributed by atoms with Crippen LogP contribution in [0.1, 0.15) is 50.3 Å². The van der Waals surface area contributed by atoms with Gasteiger partial charge in [0.25, 0.3) is 0 Å². The molecule has 0 aliphatic carbocycles. The zero-order chi connectivity index (χ0) is 30.7. The number of alkyl halides is 3. The molecule has 0 spiro atoms. The van der Waals surface area contributed by atoms with Gasteiger partial charge in [0, 0.05) is 32.2 Å². The predicted molar refractivity (Wildman–Crippen MR) is 155 cm³/mol. The molecule has 228 valence electrons. The van der Waals surface area contributed by atoms with Crippen LogP contribution in [0.3, 0.4) is 0 Å². The van der Waals surface area contributed by atoms with E-state index in [1.165, 1.54) is 4.90 Å². The Kier molecular flexibility index (Phi) is 9.48. The highest BCUT2D eigenvalue weighted by molar-refractivity contribution is 6.74. The number of carbonyl (C=O) groups is 1. The lowest BCUT2D eigenvalue weighted by molar-refractivity contribution is -0.159. The third-order valence-electron chi connectivity index (χ3n) is 8.09. The van der Waals surface area contributed by atoms with Gasteiger partial charge in [-0.25, -0.2) is 4.79 Å². The van der Waals surface area contributed by atoms with Crippen LogP contribution in [0.5, 0.6) is 0 Å². The van der Waals surface area contributed by atoms with Gasteiger partial charge in [0.15, 0.2) is 8.32 Å². The molecule has 1 saturated heterocycles. The third-order valence-corrected chi connectivity index (χ3v) is 12.6. The van der Waals surface area contributed by atoms with Crippen molar-refractivity contribution in [3.63, 3.8) is 0 Å². The molecule has 0 saturated carbocycles. The number of hydrogen-bond acceptors (Lipinski definition) is 7. The molecule has 1 aliphatic rings. The molecule has 2 atom stereocenters. The van der Waals surface area contributed by atoms with Gasteiger partial charge in [0.1, 0.15) is 6.61 Å². The standard InChI is InChI=1S/C30H39F3N4O4Si/c1-29(2,3)42(5,6)41-24-15-16-37(18-24)19-25(36(4)28(38)39-20-21-11-8-7-9-12-21)22-13-10-14-23(17-22)26-34-27(40-35-26)30(31,32)33/h7-14,17,24-25H,15-16,18-20H2,1-6H3. The lowest BCUT2D eigenvalue weighted by atomic mass is 10.0. The predicted octanol–water partition coefficient (Wildman–Crippen LogP) is 7.16. The second kappa shape index (κ2) is 12.6. The Bertz CT molecular complexity index is 1340. The molecule has 0 radical (unpaired) electrons. The van der Waals surface area contributed by atoms with Crippen LogP contribution in [0.25, 0.3) is 11.4 Å². The average Bonchev–Trinajstić information content (AvgIpc) is 3.60. The number of halogens is 3. The minimum atomic E-state index is -4.74. The zero-order valence-corrected chi connectivity index (χ0v) is 25.9. The Hall–Kier alpha value is -3.22. The highest BCUT2D eigenvalue weighted by Crippen LogP contribution is 2.38. The van der Waals surface area contributed by atoms with E-state index in [4.69, 9.17) is 9.16 Å². The number of aromatic nitrogens is 2. The van der Waals surface area contributed by atoms with Gasteiger partial charge in [-0.3, -0.25) is 4.90 Å². The SMILES string of the molecule is CN(C(=O)OCc1ccccc1)C(CN1CCC(O[Si](C)(C)C(C)(C)C)C1)c1cccc(-c2noc(C(F)(F)F)n2)c1. The molecule has 1 fully saturated rings. The first-order valence-corrected chi connectivity index (χ1v) is 16.9. The second-order valence-corrected chi connectivity index (χ2v) is 17.0. The summed E-state index contributed by atoms with van der Waals surface area (Å²) in [5.41, 5.74) is 1.92. The summed E-state index contributed by atoms with van der Waals surface area (Å²) in [6, 6.07) is 15.8. The summed E-state index contributed by atoms with van der Waals surface area (Å²) in [6.45, 7) is 13.2. The van der Waals surface area contributed by atoms with E-state index in [0.29, 0.717) is 17.7 Å². The first kappa shape index (κ1) is 31.7. The Labute approximate surface area is 245 Å². The normalized spacial score (nSPS) is 17.3. The van der Waals surface area contributed by atoms with Gasteiger partial charge < -0.3 is 18.6 Å². The van der Waals surface area contributed by atoms with Crippen molar-refractivity contribution < 1.29 is 31.7 Å². The molecule has 1 aromatic heterocycles. The van der Waals surface area contributed by atoms with Gasteiger partial charge in [-0.05, 0) is 41.7 Å². The van der Waals surface area contributed by atoms with Crippen molar-refractivity contribution in [2.24, 2.45) is 0 Å². The van der Waals surface area contributed by atoms with Crippen molar-refractivity contribution in [3.05, 3.63) is 71.6 Å². The molecule has 1 amide bonds. The summed E-state index contributed by atoms with van der Waals surface area (Å²) in [5.74, 6) is -1.59. The van der Waals surface area contributed by atoms with Crippen molar-refractivity contribution >= 4 is 14.4 Å². The Morgan fingerprint density at radius 2 is 1.86 bits per heavy atom. The van der Waals surface area contributed by atoms with Gasteiger partial charge in [-0.1, -0.05) is 74.5 Å². The second-order valence-electron chi connectivity index (χ2n) is 12.3. The van der Waals surface area contributed by atoms with Gasteiger partial charge in [0.2, 0.25) is 5.82 Å². The van der Waals surface area contributed by atoms with Gasteiger partial charge >= 0.3 is 18.2 Å². The minimum Gasteiger partial charge on any atom is -0.445 e. The smallest absolute Gasteiger partial charge is 0.445 e. The van der Waals surface area contributed by atoms with E-state index in [9.17, 15) is 18.0 Å². The minimum absolute atomic E-state index is 0.0905. The molecular formula is C30H39F3N4O4Si. The molecule has 2 unspecified atom stereocenters. The molecule has 2 heterocycles. The van der Waals surface area contributed by atoms with Crippen molar-refractivity contribution in [1.29, 1.82) is 0 Å². The molecule has 0 bridgehead atoms. The van der Waals surface area contributed by atoms with Gasteiger partial charge in [0.05, 0.1) is 12.1 Å². The first-order valence-electron chi connectivity index (χ1n) is 14.0. The van der Waals surface area contributed by atoms with E-state index in [-0.39, 0.29) is 23.6 Å². The van der Waals surface area contributed by atoms with Crippen LogP contribution in [0.15, 0.2) is 59.1 Å². The Morgan fingerprint density at radius 1 is 1.14 bits per heavy atom. The van der Waals surface area contributed by atoms with Crippen molar-refractivity contribution in [2.45, 2.75) is 70.3 Å². The lowest BCUT2D eigenvalue weighted by Gasteiger charge is -2.38. The van der Waals surface area contributed by atoms with E-state index in [1.54, 1.807) is 25.2 Å². The van der Waals surface area contributed by atoms with Crippen LogP contribution in [-0.2, 0) is 21.9 Å². The number of nitrogens with zero attached hydrogens (tertiary/aromatic N) is 4. The van der Waals surface area contributed by atoms with Crippen molar-refractivity contribution in [3.8, 4) is 11.4 Å². The van der Waals surface area contributed by atoms with E-state index in [0.717, 1.165) is 25.1 Å². The van der Waals surface area contributed by atoms with E-state index >= 15 is 0 Å². The van der Waals surface area contributed by atoms with E-state index in [1.807, 2.05) is 36.4 Å². The fourth-order valence-electron chi connectivity index (χ4n) is 4.64. The maximum Gasteiger partial charge on any atom is 0.471 e. The lowest BCUT2D eigenvalue weighted by Crippen LogP contribution is -2.45. The summed E-state index contributed by atoms with van der Waals surface area (Å²) in [7, 11) is -0.289. The number of ether oxygens (including phenoxy) is 1. The maximum atomic E-state index is 13.2. The molecule has 1 aliphatic heterocycles. The highest BCUT2D eigenvalue weighted by atomic mass is 28.4. The zero-order valence-electron chi connectivity index (χ0n) is 24.9. The fraction of sp³-hybridized carbons (Fsp3) is 0.500. The summed E-state index contributed by atoms with van der Waals surface area (Å²) in [5, 5.41) is 3.62. The van der Waals surface area contributed by atoms with Crippen LogP contribution in [0, 0.1) is 0 Å². The molecule has 4 rings (SSSR count). The van der Waals surface area contributed by atoms with Gasteiger partial charge in [-0.2, -0.15) is 18.2 Å². The maximum absolute atomic E-state index is 13.2. The van der Waals surface area contributed by atoms with Crippen LogP contribution in [0.4, 0.5) is 18.0 Å². The molecule has 12 heteroatoms. The summed E-state index contributed by atoms with van der Waals surface area (Å²) in [4.78, 5) is 20.6. The Balaban J connectivity index is 1.55. The quantitative estimate of drug-likeness (QED) is 0.240. The molecule has 3 aromatic rings. The molecule has 0 N–H and O–H groups in total. The van der Waals surface area contributed by atoms with E-state index < -0.39 is 32.5 Å². The monoisotopic (exact) mass is 604 g/mol. The molecular weight excluding hydrogens is 565 g/mol. The van der Waals surface area contributed by atoms with Crippen molar-refractivity contribution in [1.82, 2.24) is 19.9 Å². The fourth-order valence-corrected chi connectivity index (χ4v) is 6.02. The van der Waals surface area contributed by atoms with Crippen LogP contribution >= 0.6 is 0 Å². The Morgan fingerprint density at radius 3 is 2.50 bits per heavy atom. The molecule has 2 aromatic carbocycles. The van der Waals surface area contributed by atoms with E-state index in [2.05, 4.69) is 53.4 Å². The summed E-state index contributed by atoms with van der Waals surface area (Å²) in [6.07, 6.45) is -4.29. The number of carbonyl (C=O) groups excluding carboxylic acids is 1. The van der Waals surface area contributed by atoms with Gasteiger partial charge in [-0.15, -0.1) is 0 Å². The first-order chi connectivity index (χ1) is 19.6. The average molecular weight is 605 g/mol. The molecule has 42 heavy (non-hydrogen) atoms. The number of likely N-dealkylation sites (N-methyl/N-ethyl adjacent to an activating group) is 1. The summed E-state index contributed by atoms with van der Waals surface area (Å²) < 4.78 is 55.9. The topological polar surface area (TPSA) is 80.9 Å². The number of rotatable bonds is 9. The van der Waals surface area contributed by atoms with Crippen LogP contribution in [0.2, 0.25) is 18.1 Å². The molecule has 8 nitrogen and oxygen atoms in total. The van der Waals surface area contributed by atoms with Crippen LogP contribution < -0.4 is 0 Å². The van der Waals surface area contributed by atoms with Crippen LogP contribution in [-0.4, -0.2) is 67.1 Å². The number of amides is 1. The van der Waals surface area contributed by atoms with Crippen molar-refractivity contribution in [2.75, 3.05) is 26.7 Å². The number of benzene rings is 2. The number of hydrogen-bond donors (Lipinski definition) is 0.